The van der Waals surface area contributed by atoms with Gasteiger partial charge in [0.05, 0.1) is 30.6 Å². The molecule has 2 aliphatic rings. The van der Waals surface area contributed by atoms with E-state index in [1.165, 1.54) is 0 Å². The third-order valence-electron chi connectivity index (χ3n) is 4.81. The number of rotatable bonds is 1. The Kier molecular flexibility index (Phi) is 6.57. The number of nitrogens with zero attached hydrogens (tertiary/aromatic N) is 3. The summed E-state index contributed by atoms with van der Waals surface area (Å²) in [4.78, 5) is 27.7. The summed E-state index contributed by atoms with van der Waals surface area (Å²) in [5.74, 6) is -2.85. The number of pyridine rings is 1. The number of allylic oxidation sites excluding steroid dienone is 1. The fourth-order valence-corrected chi connectivity index (χ4v) is 3.59. The number of alkyl halides is 3. The highest BCUT2D eigenvalue weighted by atomic mass is 19.4. The average molecular weight is 425 g/mol. The molecule has 1 aliphatic heterocycles. The highest BCUT2D eigenvalue weighted by Crippen LogP contribution is 2.41. The van der Waals surface area contributed by atoms with Crippen LogP contribution in [0.4, 0.5) is 18.9 Å². The lowest BCUT2D eigenvalue weighted by Crippen LogP contribution is -2.55. The Bertz CT molecular complexity index is 905. The lowest BCUT2D eigenvalue weighted by molar-refractivity contribution is -0.192. The summed E-state index contributed by atoms with van der Waals surface area (Å²) >= 11 is 0. The van der Waals surface area contributed by atoms with Gasteiger partial charge in [-0.3, -0.25) is 9.78 Å². The van der Waals surface area contributed by atoms with Crippen LogP contribution in [0.5, 0.6) is 0 Å². The van der Waals surface area contributed by atoms with E-state index in [4.69, 9.17) is 14.6 Å². The molecule has 162 valence electrons. The zero-order valence-corrected chi connectivity index (χ0v) is 16.8. The number of hydrogen-bond donors (Lipinski definition) is 1. The van der Waals surface area contributed by atoms with E-state index in [1.54, 1.807) is 6.08 Å². The van der Waals surface area contributed by atoms with Crippen molar-refractivity contribution in [1.29, 1.82) is 5.26 Å². The molecule has 1 spiro atoms. The Hall–Kier alpha value is -2.93. The predicted octanol–water partition coefficient (Wildman–Crippen LogP) is 3.05. The standard InChI is InChI=1S/C18H21N3O2.C2HF3O2/c1-13-6-15(10-20-9-13)21-4-5-23-18(12-21)7-14(8-19)16(22)17(2,3)11-18;3-2(4,5)1(6)7/h6-7,9-10H,4-5,11-12H2,1-3H3;(H,6,7). The first-order chi connectivity index (χ1) is 13.8. The second-order valence-electron chi connectivity index (χ2n) is 7.92. The van der Waals surface area contributed by atoms with Gasteiger partial charge in [0.25, 0.3) is 0 Å². The number of hydrogen-bond acceptors (Lipinski definition) is 6. The fourth-order valence-electron chi connectivity index (χ4n) is 3.59. The first-order valence-electron chi connectivity index (χ1n) is 9.08. The van der Waals surface area contributed by atoms with Crippen LogP contribution in [0, 0.1) is 23.7 Å². The summed E-state index contributed by atoms with van der Waals surface area (Å²) < 4.78 is 37.8. The zero-order chi connectivity index (χ0) is 22.7. The molecule has 7 nitrogen and oxygen atoms in total. The maximum Gasteiger partial charge on any atom is 0.490 e. The normalized spacial score (nSPS) is 23.2. The van der Waals surface area contributed by atoms with E-state index in [2.05, 4.69) is 16.0 Å². The van der Waals surface area contributed by atoms with Crippen molar-refractivity contribution in [3.05, 3.63) is 35.7 Å². The third-order valence-corrected chi connectivity index (χ3v) is 4.81. The SMILES string of the molecule is Cc1cncc(N2CCOC3(C=C(C#N)C(=O)C(C)(C)C3)C2)c1.O=C(O)C(F)(F)F. The molecular weight excluding hydrogens is 403 g/mol. The number of carbonyl (C=O) groups excluding carboxylic acids is 1. The molecule has 30 heavy (non-hydrogen) atoms. The number of ketones is 1. The molecule has 1 saturated heterocycles. The molecule has 1 atom stereocenters. The summed E-state index contributed by atoms with van der Waals surface area (Å²) in [6, 6.07) is 4.14. The second-order valence-corrected chi connectivity index (χ2v) is 7.92. The summed E-state index contributed by atoms with van der Waals surface area (Å²) in [6.07, 6.45) is 0.908. The first kappa shape index (κ1) is 23.3. The lowest BCUT2D eigenvalue weighted by atomic mass is 9.69. The van der Waals surface area contributed by atoms with Crippen molar-refractivity contribution in [2.24, 2.45) is 5.41 Å². The smallest absolute Gasteiger partial charge is 0.475 e. The van der Waals surface area contributed by atoms with Crippen LogP contribution >= 0.6 is 0 Å². The molecule has 0 amide bonds. The highest BCUT2D eigenvalue weighted by molar-refractivity contribution is 6.04. The van der Waals surface area contributed by atoms with E-state index in [1.807, 2.05) is 39.2 Å². The molecule has 0 aromatic carbocycles. The quantitative estimate of drug-likeness (QED) is 0.738. The van der Waals surface area contributed by atoms with E-state index in [0.717, 1.165) is 17.8 Å². The van der Waals surface area contributed by atoms with Gasteiger partial charge in [0.1, 0.15) is 11.7 Å². The molecule has 1 fully saturated rings. The van der Waals surface area contributed by atoms with Crippen molar-refractivity contribution < 1.29 is 32.6 Å². The molecule has 1 unspecified atom stereocenters. The lowest BCUT2D eigenvalue weighted by Gasteiger charge is -2.47. The number of halogens is 3. The Labute approximate surface area is 171 Å². The van der Waals surface area contributed by atoms with Crippen molar-refractivity contribution in [2.75, 3.05) is 24.6 Å². The van der Waals surface area contributed by atoms with Gasteiger partial charge in [-0.05, 0) is 31.1 Å². The van der Waals surface area contributed by atoms with Crippen LogP contribution in [0.2, 0.25) is 0 Å². The van der Waals surface area contributed by atoms with Crippen LogP contribution in [0.15, 0.2) is 30.1 Å². The van der Waals surface area contributed by atoms with Gasteiger partial charge in [-0.2, -0.15) is 18.4 Å². The molecule has 2 heterocycles. The van der Waals surface area contributed by atoms with Crippen molar-refractivity contribution >= 4 is 17.4 Å². The number of ether oxygens (including phenoxy) is 1. The molecule has 1 N–H and O–H groups in total. The van der Waals surface area contributed by atoms with Crippen LogP contribution in [-0.4, -0.2) is 53.3 Å². The maximum atomic E-state index is 12.3. The number of aromatic nitrogens is 1. The summed E-state index contributed by atoms with van der Waals surface area (Å²) in [5.41, 5.74) is 1.19. The molecule has 0 bridgehead atoms. The number of aryl methyl sites for hydroxylation is 1. The first-order valence-corrected chi connectivity index (χ1v) is 9.08. The van der Waals surface area contributed by atoms with Crippen LogP contribution in [0.1, 0.15) is 25.8 Å². The van der Waals surface area contributed by atoms with Gasteiger partial charge in [-0.25, -0.2) is 4.79 Å². The van der Waals surface area contributed by atoms with Crippen molar-refractivity contribution in [3.63, 3.8) is 0 Å². The van der Waals surface area contributed by atoms with Crippen LogP contribution in [0.3, 0.4) is 0 Å². The minimum absolute atomic E-state index is 0.0939. The van der Waals surface area contributed by atoms with Crippen LogP contribution < -0.4 is 4.90 Å². The number of carboxylic acids is 1. The van der Waals surface area contributed by atoms with Gasteiger partial charge in [0, 0.05) is 18.2 Å². The predicted molar refractivity (Wildman–Crippen MR) is 101 cm³/mol. The summed E-state index contributed by atoms with van der Waals surface area (Å²) in [7, 11) is 0. The molecule has 1 aliphatic carbocycles. The number of carboxylic acid groups (broad SMARTS) is 1. The van der Waals surface area contributed by atoms with E-state index in [9.17, 15) is 23.2 Å². The second kappa shape index (κ2) is 8.44. The number of nitriles is 1. The van der Waals surface area contributed by atoms with Gasteiger partial charge >= 0.3 is 12.1 Å². The zero-order valence-electron chi connectivity index (χ0n) is 16.8. The summed E-state index contributed by atoms with van der Waals surface area (Å²) in [6.45, 7) is 7.75. The third kappa shape index (κ3) is 5.36. The number of anilines is 1. The monoisotopic (exact) mass is 425 g/mol. The minimum atomic E-state index is -5.08. The van der Waals surface area contributed by atoms with Crippen LogP contribution in [0.25, 0.3) is 0 Å². The van der Waals surface area contributed by atoms with Crippen molar-refractivity contribution in [1.82, 2.24) is 4.98 Å². The number of carbonyl (C=O) groups is 2. The molecule has 1 aromatic heterocycles. The van der Waals surface area contributed by atoms with E-state index < -0.39 is 23.2 Å². The van der Waals surface area contributed by atoms with Crippen molar-refractivity contribution in [2.45, 2.75) is 39.0 Å². The Morgan fingerprint density at radius 1 is 1.37 bits per heavy atom. The largest absolute Gasteiger partial charge is 0.490 e. The van der Waals surface area contributed by atoms with Gasteiger partial charge < -0.3 is 14.7 Å². The van der Waals surface area contributed by atoms with E-state index in [-0.39, 0.29) is 11.4 Å². The van der Waals surface area contributed by atoms with Gasteiger partial charge in [0.15, 0.2) is 5.78 Å². The molecule has 0 saturated carbocycles. The molecule has 10 heteroatoms. The minimum Gasteiger partial charge on any atom is -0.475 e. The Balaban J connectivity index is 0.000000396. The molecule has 1 aromatic rings. The average Bonchev–Trinajstić information content (AvgIpc) is 2.64. The summed E-state index contributed by atoms with van der Waals surface area (Å²) in [5, 5.41) is 16.4. The number of aliphatic carboxylic acids is 1. The van der Waals surface area contributed by atoms with E-state index in [0.29, 0.717) is 19.6 Å². The van der Waals surface area contributed by atoms with Crippen LogP contribution in [-0.2, 0) is 14.3 Å². The van der Waals surface area contributed by atoms with Gasteiger partial charge in [-0.1, -0.05) is 13.8 Å². The maximum absolute atomic E-state index is 12.3. The van der Waals surface area contributed by atoms with Crippen molar-refractivity contribution in [3.8, 4) is 6.07 Å². The van der Waals surface area contributed by atoms with E-state index >= 15 is 0 Å². The highest BCUT2D eigenvalue weighted by Gasteiger charge is 2.48. The van der Waals surface area contributed by atoms with Gasteiger partial charge in [-0.15, -0.1) is 0 Å². The topological polar surface area (TPSA) is 104 Å². The number of morpholine rings is 1. The number of Topliss-reactive ketones (excluding diaryl/α,β-unsaturated/α-hetero) is 1. The van der Waals surface area contributed by atoms with Gasteiger partial charge in [0.2, 0.25) is 0 Å². The Morgan fingerprint density at radius 3 is 2.53 bits per heavy atom. The molecule has 0 radical (unpaired) electrons. The Morgan fingerprint density at radius 2 is 2.00 bits per heavy atom. The molecular formula is C20H22F3N3O4. The molecule has 3 rings (SSSR count). The fraction of sp³-hybridized carbons (Fsp3) is 0.500.